The normalized spacial score (nSPS) is 20.7. The summed E-state index contributed by atoms with van der Waals surface area (Å²) in [5.74, 6) is 0. The van der Waals surface area contributed by atoms with Crippen molar-refractivity contribution >= 4 is 21.6 Å². The van der Waals surface area contributed by atoms with Crippen molar-refractivity contribution < 1.29 is 0 Å². The van der Waals surface area contributed by atoms with Crippen LogP contribution < -0.4 is 5.32 Å². The molecule has 0 amide bonds. The van der Waals surface area contributed by atoms with Gasteiger partial charge in [0.15, 0.2) is 0 Å². The number of fused-ring (bicyclic) bond motifs is 1. The van der Waals surface area contributed by atoms with E-state index in [2.05, 4.69) is 53.6 Å². The molecule has 1 saturated heterocycles. The Morgan fingerprint density at radius 1 is 1.43 bits per heavy atom. The number of rotatable bonds is 4. The van der Waals surface area contributed by atoms with E-state index in [0.717, 1.165) is 12.1 Å². The maximum Gasteiger partial charge on any atom is 0.0809 e. The minimum Gasteiger partial charge on any atom is -0.310 e. The largest absolute Gasteiger partial charge is 0.310 e. The summed E-state index contributed by atoms with van der Waals surface area (Å²) >= 11 is 1.77. The van der Waals surface area contributed by atoms with Gasteiger partial charge in [0.2, 0.25) is 0 Å². The lowest BCUT2D eigenvalue weighted by atomic mass is 9.80. The molecule has 3 heterocycles. The molecule has 2 aromatic rings. The fourth-order valence-corrected chi connectivity index (χ4v) is 3.74. The molecule has 1 fully saturated rings. The second-order valence-corrected chi connectivity index (χ2v) is 7.74. The zero-order chi connectivity index (χ0) is 14.9. The molecular formula is C17H25N3S. The van der Waals surface area contributed by atoms with Crippen molar-refractivity contribution in [1.29, 1.82) is 0 Å². The van der Waals surface area contributed by atoms with Gasteiger partial charge in [-0.1, -0.05) is 6.92 Å². The molecule has 0 radical (unpaired) electrons. The summed E-state index contributed by atoms with van der Waals surface area (Å²) in [6, 6.07) is 4.73. The third kappa shape index (κ3) is 3.44. The van der Waals surface area contributed by atoms with Crippen LogP contribution in [0.15, 0.2) is 23.7 Å². The summed E-state index contributed by atoms with van der Waals surface area (Å²) in [5, 5.41) is 5.84. The highest BCUT2D eigenvalue weighted by Crippen LogP contribution is 2.30. The van der Waals surface area contributed by atoms with E-state index in [-0.39, 0.29) is 0 Å². The van der Waals surface area contributed by atoms with Crippen LogP contribution in [0.2, 0.25) is 0 Å². The lowest BCUT2D eigenvalue weighted by Crippen LogP contribution is -2.42. The first-order valence-corrected chi connectivity index (χ1v) is 8.69. The number of thiophene rings is 1. The smallest absolute Gasteiger partial charge is 0.0809 e. The summed E-state index contributed by atoms with van der Waals surface area (Å²) < 4.78 is 1.28. The molecule has 0 bridgehead atoms. The van der Waals surface area contributed by atoms with Crippen LogP contribution in [0, 0.1) is 5.41 Å². The highest BCUT2D eigenvalue weighted by atomic mass is 32.1. The van der Waals surface area contributed by atoms with Crippen LogP contribution in [-0.2, 0) is 0 Å². The van der Waals surface area contributed by atoms with Crippen molar-refractivity contribution in [3.63, 3.8) is 0 Å². The van der Waals surface area contributed by atoms with E-state index in [0.29, 0.717) is 11.5 Å². The molecule has 0 aromatic carbocycles. The molecule has 1 unspecified atom stereocenters. The van der Waals surface area contributed by atoms with Crippen LogP contribution in [0.3, 0.4) is 0 Å². The fraction of sp³-hybridized carbons (Fsp3) is 0.588. The van der Waals surface area contributed by atoms with Crippen molar-refractivity contribution in [3.8, 4) is 0 Å². The molecule has 1 atom stereocenters. The summed E-state index contributed by atoms with van der Waals surface area (Å²) in [6.07, 6.45) is 4.58. The van der Waals surface area contributed by atoms with Gasteiger partial charge >= 0.3 is 0 Å². The predicted molar refractivity (Wildman–Crippen MR) is 90.9 cm³/mol. The van der Waals surface area contributed by atoms with Gasteiger partial charge in [0.25, 0.3) is 0 Å². The van der Waals surface area contributed by atoms with Gasteiger partial charge in [-0.05, 0) is 68.4 Å². The molecule has 1 aliphatic rings. The zero-order valence-corrected chi connectivity index (χ0v) is 14.0. The van der Waals surface area contributed by atoms with E-state index >= 15 is 0 Å². The molecule has 21 heavy (non-hydrogen) atoms. The Labute approximate surface area is 131 Å². The average Bonchev–Trinajstić information content (AvgIpc) is 2.96. The van der Waals surface area contributed by atoms with Crippen molar-refractivity contribution in [1.82, 2.24) is 15.2 Å². The molecule has 1 aliphatic heterocycles. The number of likely N-dealkylation sites (tertiary alicyclic amines) is 1. The Morgan fingerprint density at radius 3 is 2.95 bits per heavy atom. The monoisotopic (exact) mass is 303 g/mol. The van der Waals surface area contributed by atoms with E-state index in [1.165, 1.54) is 36.2 Å². The molecule has 0 saturated carbocycles. The predicted octanol–water partition coefficient (Wildman–Crippen LogP) is 3.68. The van der Waals surface area contributed by atoms with Crippen LogP contribution >= 0.6 is 11.3 Å². The number of aromatic nitrogens is 1. The van der Waals surface area contributed by atoms with Crippen molar-refractivity contribution in [2.75, 3.05) is 26.7 Å². The summed E-state index contributed by atoms with van der Waals surface area (Å²) in [6.45, 7) is 8.18. The second kappa shape index (κ2) is 6.03. The minimum absolute atomic E-state index is 0.362. The number of hydrogen-bond donors (Lipinski definition) is 1. The maximum atomic E-state index is 4.55. The van der Waals surface area contributed by atoms with Crippen LogP contribution in [-0.4, -0.2) is 36.6 Å². The number of pyridine rings is 1. The van der Waals surface area contributed by atoms with Gasteiger partial charge in [0, 0.05) is 18.8 Å². The lowest BCUT2D eigenvalue weighted by Gasteiger charge is -2.38. The van der Waals surface area contributed by atoms with Gasteiger partial charge < -0.3 is 10.2 Å². The molecule has 114 valence electrons. The third-order valence-corrected chi connectivity index (χ3v) is 5.71. The van der Waals surface area contributed by atoms with Gasteiger partial charge in [-0.2, -0.15) is 0 Å². The Balaban J connectivity index is 1.61. The summed E-state index contributed by atoms with van der Waals surface area (Å²) in [5.41, 5.74) is 2.83. The molecule has 3 nitrogen and oxygen atoms in total. The van der Waals surface area contributed by atoms with Crippen molar-refractivity contribution in [2.24, 2.45) is 5.41 Å². The van der Waals surface area contributed by atoms with E-state index < -0.39 is 0 Å². The lowest BCUT2D eigenvalue weighted by molar-refractivity contribution is 0.134. The van der Waals surface area contributed by atoms with Crippen LogP contribution in [0.1, 0.15) is 38.3 Å². The zero-order valence-electron chi connectivity index (χ0n) is 13.2. The molecule has 2 aromatic heterocycles. The topological polar surface area (TPSA) is 28.2 Å². The first-order valence-electron chi connectivity index (χ1n) is 7.81. The van der Waals surface area contributed by atoms with E-state index in [1.807, 2.05) is 6.20 Å². The first-order chi connectivity index (χ1) is 10.1. The highest BCUT2D eigenvalue weighted by Gasteiger charge is 2.28. The van der Waals surface area contributed by atoms with Gasteiger partial charge in [0.1, 0.15) is 0 Å². The number of hydrogen-bond acceptors (Lipinski definition) is 4. The Kier molecular flexibility index (Phi) is 4.29. The fourth-order valence-electron chi connectivity index (χ4n) is 2.95. The Bertz CT molecular complexity index is 599. The minimum atomic E-state index is 0.362. The Hall–Kier alpha value is -0.970. The van der Waals surface area contributed by atoms with Crippen molar-refractivity contribution in [3.05, 3.63) is 29.3 Å². The number of piperidine rings is 1. The first kappa shape index (κ1) is 14.9. The molecule has 3 rings (SSSR count). The van der Waals surface area contributed by atoms with E-state index in [9.17, 15) is 0 Å². The highest BCUT2D eigenvalue weighted by molar-refractivity contribution is 7.17. The average molecular weight is 303 g/mol. The van der Waals surface area contributed by atoms with Crippen LogP contribution in [0.4, 0.5) is 0 Å². The summed E-state index contributed by atoms with van der Waals surface area (Å²) in [4.78, 5) is 6.98. The molecule has 0 aliphatic carbocycles. The van der Waals surface area contributed by atoms with Crippen molar-refractivity contribution in [2.45, 2.75) is 32.7 Å². The van der Waals surface area contributed by atoms with Crippen LogP contribution in [0.5, 0.6) is 0 Å². The van der Waals surface area contributed by atoms with E-state index in [4.69, 9.17) is 0 Å². The van der Waals surface area contributed by atoms with Gasteiger partial charge in [-0.3, -0.25) is 4.98 Å². The third-order valence-electron chi connectivity index (χ3n) is 4.85. The Morgan fingerprint density at radius 2 is 2.19 bits per heavy atom. The van der Waals surface area contributed by atoms with Crippen LogP contribution in [0.25, 0.3) is 10.2 Å². The standard InChI is InChI=1S/C17H25N3S/c1-13(14-10-16-15(18-11-14)4-9-21-16)19-12-17(2)5-7-20(3)8-6-17/h4,9-11,13,19H,5-8,12H2,1-3H3. The van der Waals surface area contributed by atoms with Gasteiger partial charge in [-0.15, -0.1) is 11.3 Å². The van der Waals surface area contributed by atoms with Gasteiger partial charge in [-0.25, -0.2) is 0 Å². The quantitative estimate of drug-likeness (QED) is 0.934. The van der Waals surface area contributed by atoms with Gasteiger partial charge in [0.05, 0.1) is 10.2 Å². The molecule has 0 spiro atoms. The van der Waals surface area contributed by atoms with E-state index in [1.54, 1.807) is 11.3 Å². The second-order valence-electron chi connectivity index (χ2n) is 6.79. The number of nitrogens with one attached hydrogen (secondary N) is 1. The molecular weight excluding hydrogens is 278 g/mol. The number of nitrogens with zero attached hydrogens (tertiary/aromatic N) is 2. The molecule has 4 heteroatoms. The maximum absolute atomic E-state index is 4.55. The SMILES string of the molecule is CC(NCC1(C)CCN(C)CC1)c1cnc2ccsc2c1. The molecule has 1 N–H and O–H groups in total. The summed E-state index contributed by atoms with van der Waals surface area (Å²) in [7, 11) is 2.22.